The maximum Gasteiger partial charge on any atom is 0.0705 e. The van der Waals surface area contributed by atoms with E-state index in [4.69, 9.17) is 5.11 Å². The van der Waals surface area contributed by atoms with Crippen molar-refractivity contribution in [1.82, 2.24) is 5.32 Å². The molecule has 0 aromatic rings. The SMILES string of the molecule is C[C@@H]1C[C@H](O)[C@H](C)N1. The van der Waals surface area contributed by atoms with Crippen LogP contribution in [0.5, 0.6) is 0 Å². The van der Waals surface area contributed by atoms with Gasteiger partial charge in [0.25, 0.3) is 0 Å². The van der Waals surface area contributed by atoms with Gasteiger partial charge < -0.3 is 10.4 Å². The van der Waals surface area contributed by atoms with Crippen molar-refractivity contribution in [3.63, 3.8) is 0 Å². The van der Waals surface area contributed by atoms with Gasteiger partial charge in [-0.3, -0.25) is 0 Å². The van der Waals surface area contributed by atoms with E-state index in [9.17, 15) is 0 Å². The van der Waals surface area contributed by atoms with Crippen LogP contribution in [0.3, 0.4) is 0 Å². The first-order chi connectivity index (χ1) is 3.70. The Balaban J connectivity index is 2.39. The summed E-state index contributed by atoms with van der Waals surface area (Å²) < 4.78 is 0. The quantitative estimate of drug-likeness (QED) is 0.470. The first kappa shape index (κ1) is 6.05. The lowest BCUT2D eigenvalue weighted by molar-refractivity contribution is 0.165. The molecule has 0 saturated carbocycles. The Morgan fingerprint density at radius 1 is 1.50 bits per heavy atom. The summed E-state index contributed by atoms with van der Waals surface area (Å²) in [5.41, 5.74) is 0. The summed E-state index contributed by atoms with van der Waals surface area (Å²) in [5, 5.41) is 12.3. The van der Waals surface area contributed by atoms with Crippen LogP contribution in [0.1, 0.15) is 20.3 Å². The fraction of sp³-hybridized carbons (Fsp3) is 1.00. The topological polar surface area (TPSA) is 32.3 Å². The highest BCUT2D eigenvalue weighted by atomic mass is 16.3. The maximum absolute atomic E-state index is 9.11. The summed E-state index contributed by atoms with van der Waals surface area (Å²) in [7, 11) is 0. The summed E-state index contributed by atoms with van der Waals surface area (Å²) in [5.74, 6) is 0. The van der Waals surface area contributed by atoms with Crippen molar-refractivity contribution in [2.24, 2.45) is 0 Å². The average molecular weight is 115 g/mol. The molecule has 1 heterocycles. The Hall–Kier alpha value is -0.0800. The third-order valence-corrected chi connectivity index (χ3v) is 1.72. The summed E-state index contributed by atoms with van der Waals surface area (Å²) in [6, 6.07) is 0.796. The van der Waals surface area contributed by atoms with E-state index in [-0.39, 0.29) is 6.10 Å². The fourth-order valence-electron chi connectivity index (χ4n) is 1.19. The lowest BCUT2D eigenvalue weighted by Crippen LogP contribution is -2.28. The van der Waals surface area contributed by atoms with E-state index in [0.717, 1.165) is 6.42 Å². The molecule has 2 heteroatoms. The van der Waals surface area contributed by atoms with Crippen molar-refractivity contribution in [3.05, 3.63) is 0 Å². The van der Waals surface area contributed by atoms with E-state index in [1.54, 1.807) is 0 Å². The molecular formula is C6H13NO. The highest BCUT2D eigenvalue weighted by molar-refractivity contribution is 4.84. The first-order valence-electron chi connectivity index (χ1n) is 3.14. The molecule has 48 valence electrons. The molecule has 1 aliphatic heterocycles. The monoisotopic (exact) mass is 115 g/mol. The van der Waals surface area contributed by atoms with Gasteiger partial charge in [-0.2, -0.15) is 0 Å². The Labute approximate surface area is 49.9 Å². The summed E-state index contributed by atoms with van der Waals surface area (Å²) >= 11 is 0. The molecule has 1 rings (SSSR count). The molecule has 0 aliphatic carbocycles. The Morgan fingerprint density at radius 2 is 2.12 bits per heavy atom. The van der Waals surface area contributed by atoms with E-state index < -0.39 is 0 Å². The minimum absolute atomic E-state index is 0.120. The van der Waals surface area contributed by atoms with Crippen LogP contribution in [0.4, 0.5) is 0 Å². The largest absolute Gasteiger partial charge is 0.391 e. The van der Waals surface area contributed by atoms with Crippen LogP contribution in [0.2, 0.25) is 0 Å². The van der Waals surface area contributed by atoms with Crippen molar-refractivity contribution in [2.75, 3.05) is 0 Å². The number of hydrogen-bond acceptors (Lipinski definition) is 2. The van der Waals surface area contributed by atoms with Crippen molar-refractivity contribution >= 4 is 0 Å². The molecule has 0 amide bonds. The minimum atomic E-state index is -0.120. The minimum Gasteiger partial charge on any atom is -0.391 e. The molecule has 2 nitrogen and oxygen atoms in total. The van der Waals surface area contributed by atoms with Crippen molar-refractivity contribution in [3.8, 4) is 0 Å². The smallest absolute Gasteiger partial charge is 0.0705 e. The Morgan fingerprint density at radius 3 is 2.25 bits per heavy atom. The Kier molecular flexibility index (Phi) is 1.54. The van der Waals surface area contributed by atoms with Crippen molar-refractivity contribution in [2.45, 2.75) is 38.5 Å². The fourth-order valence-corrected chi connectivity index (χ4v) is 1.19. The lowest BCUT2D eigenvalue weighted by Gasteiger charge is -2.05. The molecule has 0 spiro atoms. The first-order valence-corrected chi connectivity index (χ1v) is 3.14. The van der Waals surface area contributed by atoms with Gasteiger partial charge in [-0.05, 0) is 20.3 Å². The van der Waals surface area contributed by atoms with Crippen molar-refractivity contribution in [1.29, 1.82) is 0 Å². The number of nitrogens with one attached hydrogen (secondary N) is 1. The lowest BCUT2D eigenvalue weighted by atomic mass is 10.2. The van der Waals surface area contributed by atoms with E-state index >= 15 is 0 Å². The van der Waals surface area contributed by atoms with E-state index in [2.05, 4.69) is 12.2 Å². The van der Waals surface area contributed by atoms with Crippen LogP contribution in [-0.4, -0.2) is 23.3 Å². The molecule has 8 heavy (non-hydrogen) atoms. The second kappa shape index (κ2) is 2.03. The van der Waals surface area contributed by atoms with Crippen LogP contribution >= 0.6 is 0 Å². The van der Waals surface area contributed by atoms with Crippen LogP contribution < -0.4 is 5.32 Å². The van der Waals surface area contributed by atoms with Gasteiger partial charge in [0, 0.05) is 12.1 Å². The average Bonchev–Trinajstić information content (AvgIpc) is 1.85. The molecule has 0 aromatic heterocycles. The maximum atomic E-state index is 9.11. The van der Waals surface area contributed by atoms with Crippen LogP contribution in [-0.2, 0) is 0 Å². The van der Waals surface area contributed by atoms with Gasteiger partial charge in [-0.15, -0.1) is 0 Å². The summed E-state index contributed by atoms with van der Waals surface area (Å²) in [4.78, 5) is 0. The molecule has 0 radical (unpaired) electrons. The molecule has 1 fully saturated rings. The molecule has 2 N–H and O–H groups in total. The van der Waals surface area contributed by atoms with Crippen LogP contribution in [0, 0.1) is 0 Å². The predicted octanol–water partition coefficient (Wildman–Crippen LogP) is 0.118. The normalized spacial score (nSPS) is 47.6. The molecule has 0 unspecified atom stereocenters. The standard InChI is InChI=1S/C6H13NO/c1-4-3-6(8)5(2)7-4/h4-8H,3H2,1-2H3/t4-,5+,6+/m1/s1. The summed E-state index contributed by atoms with van der Waals surface area (Å²) in [6.07, 6.45) is 0.784. The van der Waals surface area contributed by atoms with Gasteiger partial charge in [0.2, 0.25) is 0 Å². The second-order valence-corrected chi connectivity index (χ2v) is 2.66. The second-order valence-electron chi connectivity index (χ2n) is 2.66. The van der Waals surface area contributed by atoms with E-state index in [1.165, 1.54) is 0 Å². The van der Waals surface area contributed by atoms with E-state index in [0.29, 0.717) is 12.1 Å². The highest BCUT2D eigenvalue weighted by Gasteiger charge is 2.25. The molecule has 0 bridgehead atoms. The summed E-state index contributed by atoms with van der Waals surface area (Å²) in [6.45, 7) is 4.10. The third kappa shape index (κ3) is 1.01. The van der Waals surface area contributed by atoms with Gasteiger partial charge >= 0.3 is 0 Å². The molecule has 1 saturated heterocycles. The van der Waals surface area contributed by atoms with Crippen LogP contribution in [0.15, 0.2) is 0 Å². The zero-order valence-electron chi connectivity index (χ0n) is 5.39. The number of rotatable bonds is 0. The van der Waals surface area contributed by atoms with Gasteiger partial charge in [-0.1, -0.05) is 0 Å². The van der Waals surface area contributed by atoms with Gasteiger partial charge in [0.15, 0.2) is 0 Å². The third-order valence-electron chi connectivity index (χ3n) is 1.72. The molecular weight excluding hydrogens is 102 g/mol. The predicted molar refractivity (Wildman–Crippen MR) is 32.7 cm³/mol. The number of aliphatic hydroxyl groups excluding tert-OH is 1. The zero-order chi connectivity index (χ0) is 6.15. The zero-order valence-corrected chi connectivity index (χ0v) is 5.39. The van der Waals surface area contributed by atoms with Gasteiger partial charge in [0.05, 0.1) is 6.10 Å². The number of aliphatic hydroxyl groups is 1. The van der Waals surface area contributed by atoms with Crippen molar-refractivity contribution < 1.29 is 5.11 Å². The highest BCUT2D eigenvalue weighted by Crippen LogP contribution is 2.11. The molecule has 1 aliphatic rings. The Bertz CT molecular complexity index is 74.6. The van der Waals surface area contributed by atoms with Crippen LogP contribution in [0.25, 0.3) is 0 Å². The van der Waals surface area contributed by atoms with Gasteiger partial charge in [-0.25, -0.2) is 0 Å². The molecule has 0 aromatic carbocycles. The van der Waals surface area contributed by atoms with Gasteiger partial charge in [0.1, 0.15) is 0 Å². The molecule has 3 atom stereocenters. The van der Waals surface area contributed by atoms with E-state index in [1.807, 2.05) is 6.92 Å². The number of hydrogen-bond donors (Lipinski definition) is 2.